The topological polar surface area (TPSA) is 172 Å². The first-order valence-electron chi connectivity index (χ1n) is 9.01. The lowest BCUT2D eigenvalue weighted by molar-refractivity contribution is -0.384. The first kappa shape index (κ1) is 23.3. The van der Waals surface area contributed by atoms with E-state index in [1.54, 1.807) is 12.1 Å². The molecule has 162 valence electrons. The molecule has 2 rings (SSSR count). The number of nitro benzene ring substituents is 1. The van der Waals surface area contributed by atoms with Crippen molar-refractivity contribution in [2.75, 3.05) is 11.6 Å². The van der Waals surface area contributed by atoms with Gasteiger partial charge in [0.05, 0.1) is 22.8 Å². The summed E-state index contributed by atoms with van der Waals surface area (Å²) in [5.41, 5.74) is 2.69. The van der Waals surface area contributed by atoms with Crippen LogP contribution in [0, 0.1) is 24.0 Å². The van der Waals surface area contributed by atoms with Crippen molar-refractivity contribution in [1.82, 2.24) is 0 Å². The summed E-state index contributed by atoms with van der Waals surface area (Å²) in [6, 6.07) is 10.7. The van der Waals surface area contributed by atoms with E-state index in [9.17, 15) is 25.4 Å². The molecular formula is C19H24N4O7. The summed E-state index contributed by atoms with van der Waals surface area (Å²) < 4.78 is 0. The first-order valence-corrected chi connectivity index (χ1v) is 9.01. The van der Waals surface area contributed by atoms with Crippen LogP contribution in [-0.2, 0) is 0 Å². The molecule has 2 aromatic carbocycles. The maximum Gasteiger partial charge on any atom is 0.269 e. The Kier molecular flexibility index (Phi) is 7.92. The van der Waals surface area contributed by atoms with Crippen LogP contribution in [-0.4, -0.2) is 61.6 Å². The first-order chi connectivity index (χ1) is 14.1. The van der Waals surface area contributed by atoms with Gasteiger partial charge < -0.3 is 25.5 Å². The van der Waals surface area contributed by atoms with Gasteiger partial charge in [-0.2, -0.15) is 0 Å². The third kappa shape index (κ3) is 6.02. The van der Waals surface area contributed by atoms with Gasteiger partial charge >= 0.3 is 0 Å². The fraction of sp³-hybridized carbons (Fsp3) is 0.368. The molecule has 0 saturated carbocycles. The van der Waals surface area contributed by atoms with Crippen molar-refractivity contribution >= 4 is 17.1 Å². The number of nitro groups is 1. The summed E-state index contributed by atoms with van der Waals surface area (Å²) in [6.07, 6.45) is -7.66. The molecule has 30 heavy (non-hydrogen) atoms. The van der Waals surface area contributed by atoms with E-state index >= 15 is 0 Å². The maximum atomic E-state index is 10.7. The summed E-state index contributed by atoms with van der Waals surface area (Å²) in [5.74, 6) is 0. The van der Waals surface area contributed by atoms with Crippen LogP contribution in [0.5, 0.6) is 0 Å². The quantitative estimate of drug-likeness (QED) is 0.174. The Morgan fingerprint density at radius 3 is 2.13 bits per heavy atom. The summed E-state index contributed by atoms with van der Waals surface area (Å²) >= 11 is 0. The minimum Gasteiger partial charge on any atom is -0.388 e. The van der Waals surface area contributed by atoms with E-state index in [1.165, 1.54) is 29.3 Å². The minimum atomic E-state index is -2.23. The third-order valence-corrected chi connectivity index (χ3v) is 4.53. The molecule has 0 aromatic heterocycles. The van der Waals surface area contributed by atoms with Gasteiger partial charge in [0.15, 0.2) is 6.29 Å². The second kappa shape index (κ2) is 10.2. The molecule has 0 saturated heterocycles. The Hall–Kier alpha value is -2.96. The molecule has 0 radical (unpaired) electrons. The number of aryl methyl sites for hydroxylation is 2. The third-order valence-electron chi connectivity index (χ3n) is 4.53. The number of rotatable bonds is 9. The van der Waals surface area contributed by atoms with Gasteiger partial charge in [-0.1, -0.05) is 11.3 Å². The van der Waals surface area contributed by atoms with Crippen molar-refractivity contribution in [3.63, 3.8) is 0 Å². The number of aliphatic hydroxyl groups is 5. The highest BCUT2D eigenvalue weighted by Gasteiger charge is 2.31. The molecule has 0 aliphatic rings. The van der Waals surface area contributed by atoms with Gasteiger partial charge in [0.25, 0.3) is 5.69 Å². The molecule has 3 atom stereocenters. The van der Waals surface area contributed by atoms with Crippen LogP contribution in [0.1, 0.15) is 11.1 Å². The van der Waals surface area contributed by atoms with E-state index in [4.69, 9.17) is 10.2 Å². The van der Waals surface area contributed by atoms with Gasteiger partial charge in [-0.15, -0.1) is 5.11 Å². The van der Waals surface area contributed by atoms with Crippen LogP contribution in [0.2, 0.25) is 0 Å². The van der Waals surface area contributed by atoms with Crippen molar-refractivity contribution in [3.05, 3.63) is 63.7 Å². The average molecular weight is 420 g/mol. The van der Waals surface area contributed by atoms with Crippen LogP contribution in [0.3, 0.4) is 0 Å². The Morgan fingerprint density at radius 2 is 1.60 bits per heavy atom. The lowest BCUT2D eigenvalue weighted by atomic mass is 10.1. The van der Waals surface area contributed by atoms with Crippen molar-refractivity contribution in [3.8, 4) is 0 Å². The van der Waals surface area contributed by atoms with Crippen LogP contribution < -0.4 is 5.01 Å². The summed E-state index contributed by atoms with van der Waals surface area (Å²) in [4.78, 5) is 10.2. The lowest BCUT2D eigenvalue weighted by Gasteiger charge is -2.27. The largest absolute Gasteiger partial charge is 0.388 e. The van der Waals surface area contributed by atoms with Crippen LogP contribution in [0.25, 0.3) is 0 Å². The molecule has 0 fully saturated rings. The van der Waals surface area contributed by atoms with E-state index < -0.39 is 29.5 Å². The molecule has 2 aromatic rings. The standard InChI is InChI=1S/C19H24N4O7/c1-11-3-6-15(9-12(11)2)22(10-16(24)17(25)18(26)19(27)28)21-20-13-4-7-14(8-5-13)23(29)30/h3-9,16-19,24-28H,10H2,1-2H3/t16-,17+,18+/m1/s1. The molecule has 5 N–H and O–H groups in total. The average Bonchev–Trinajstić information content (AvgIpc) is 2.72. The highest BCUT2D eigenvalue weighted by atomic mass is 16.6. The van der Waals surface area contributed by atoms with E-state index in [1.807, 2.05) is 19.9 Å². The van der Waals surface area contributed by atoms with Crippen molar-refractivity contribution in [1.29, 1.82) is 0 Å². The molecule has 0 aliphatic carbocycles. The highest BCUT2D eigenvalue weighted by molar-refractivity contribution is 5.50. The molecule has 0 aliphatic heterocycles. The number of non-ortho nitro benzene ring substituents is 1. The Labute approximate surface area is 172 Å². The summed E-state index contributed by atoms with van der Waals surface area (Å²) in [5, 5.41) is 67.8. The zero-order chi connectivity index (χ0) is 22.4. The molecule has 11 heteroatoms. The van der Waals surface area contributed by atoms with Crippen LogP contribution in [0.4, 0.5) is 17.1 Å². The molecule has 0 spiro atoms. The fourth-order valence-corrected chi connectivity index (χ4v) is 2.52. The second-order valence-corrected chi connectivity index (χ2v) is 6.78. The molecule has 0 bridgehead atoms. The molecule has 11 nitrogen and oxygen atoms in total. The fourth-order valence-electron chi connectivity index (χ4n) is 2.52. The van der Waals surface area contributed by atoms with Crippen LogP contribution >= 0.6 is 0 Å². The smallest absolute Gasteiger partial charge is 0.269 e. The van der Waals surface area contributed by atoms with Gasteiger partial charge in [-0.3, -0.25) is 10.1 Å². The van der Waals surface area contributed by atoms with Crippen molar-refractivity contribution < 1.29 is 30.5 Å². The summed E-state index contributed by atoms with van der Waals surface area (Å²) in [6.45, 7) is 3.46. The zero-order valence-corrected chi connectivity index (χ0v) is 16.4. The number of benzene rings is 2. The van der Waals surface area contributed by atoms with E-state index in [0.29, 0.717) is 11.4 Å². The minimum absolute atomic E-state index is 0.102. The molecule has 0 unspecified atom stereocenters. The number of nitrogens with zero attached hydrogens (tertiary/aromatic N) is 4. The number of anilines is 1. The van der Waals surface area contributed by atoms with E-state index in [0.717, 1.165) is 11.1 Å². The zero-order valence-electron chi connectivity index (χ0n) is 16.4. The van der Waals surface area contributed by atoms with Gasteiger partial charge in [-0.05, 0) is 49.2 Å². The number of hydrogen-bond donors (Lipinski definition) is 5. The van der Waals surface area contributed by atoms with Crippen molar-refractivity contribution in [2.24, 2.45) is 10.3 Å². The number of aliphatic hydroxyl groups excluding tert-OH is 4. The number of hydrogen-bond acceptors (Lipinski definition) is 9. The Bertz CT molecular complexity index is 889. The Morgan fingerprint density at radius 1 is 0.967 bits per heavy atom. The second-order valence-electron chi connectivity index (χ2n) is 6.78. The molecular weight excluding hydrogens is 396 g/mol. The lowest BCUT2D eigenvalue weighted by Crippen LogP contribution is -2.48. The van der Waals surface area contributed by atoms with Gasteiger partial charge in [0.1, 0.15) is 18.3 Å². The van der Waals surface area contributed by atoms with Crippen molar-refractivity contribution in [2.45, 2.75) is 38.4 Å². The van der Waals surface area contributed by atoms with Crippen LogP contribution in [0.15, 0.2) is 52.8 Å². The van der Waals surface area contributed by atoms with E-state index in [2.05, 4.69) is 10.3 Å². The maximum absolute atomic E-state index is 10.7. The van der Waals surface area contributed by atoms with E-state index in [-0.39, 0.29) is 12.2 Å². The molecule has 0 heterocycles. The highest BCUT2D eigenvalue weighted by Crippen LogP contribution is 2.23. The molecule has 0 amide bonds. The SMILES string of the molecule is Cc1ccc(N(C[C@@H](O)[C@H](O)[C@H](O)C(O)O)N=Nc2ccc([N+](=O)[O-])cc2)cc1C. The Balaban J connectivity index is 2.28. The predicted octanol–water partition coefficient (Wildman–Crippen LogP) is 1.11. The van der Waals surface area contributed by atoms with Gasteiger partial charge in [0, 0.05) is 12.1 Å². The van der Waals surface area contributed by atoms with Gasteiger partial charge in [-0.25, -0.2) is 5.01 Å². The monoisotopic (exact) mass is 420 g/mol. The summed E-state index contributed by atoms with van der Waals surface area (Å²) in [7, 11) is 0. The normalized spacial score (nSPS) is 14.7. The van der Waals surface area contributed by atoms with Gasteiger partial charge in [0.2, 0.25) is 0 Å². The predicted molar refractivity (Wildman–Crippen MR) is 107 cm³/mol.